The SMILES string of the molecule is CCCC(c1cccs1)N1CCC(NC2CC2)C1=O. The Balaban J connectivity index is 1.70. The second-order valence-electron chi connectivity index (χ2n) is 5.63. The van der Waals surface area contributed by atoms with Crippen molar-refractivity contribution in [3.8, 4) is 0 Å². The maximum absolute atomic E-state index is 12.5. The van der Waals surface area contributed by atoms with Crippen molar-refractivity contribution >= 4 is 17.2 Å². The van der Waals surface area contributed by atoms with E-state index in [0.717, 1.165) is 25.8 Å². The molecule has 3 rings (SSSR count). The molecule has 19 heavy (non-hydrogen) atoms. The molecule has 4 heteroatoms. The highest BCUT2D eigenvalue weighted by atomic mass is 32.1. The number of hydrogen-bond donors (Lipinski definition) is 1. The summed E-state index contributed by atoms with van der Waals surface area (Å²) in [4.78, 5) is 16.0. The van der Waals surface area contributed by atoms with Gasteiger partial charge in [0.2, 0.25) is 5.91 Å². The highest BCUT2D eigenvalue weighted by Crippen LogP contribution is 2.33. The Morgan fingerprint density at radius 3 is 2.95 bits per heavy atom. The Morgan fingerprint density at radius 2 is 2.32 bits per heavy atom. The summed E-state index contributed by atoms with van der Waals surface area (Å²) in [6.07, 6.45) is 5.65. The summed E-state index contributed by atoms with van der Waals surface area (Å²) in [7, 11) is 0. The average Bonchev–Trinajstić information content (AvgIpc) is 2.93. The molecule has 2 fully saturated rings. The van der Waals surface area contributed by atoms with Gasteiger partial charge >= 0.3 is 0 Å². The van der Waals surface area contributed by atoms with Crippen LogP contribution < -0.4 is 5.32 Å². The van der Waals surface area contributed by atoms with Crippen LogP contribution in [0, 0.1) is 0 Å². The molecule has 104 valence electrons. The van der Waals surface area contributed by atoms with Gasteiger partial charge in [0.05, 0.1) is 12.1 Å². The lowest BCUT2D eigenvalue weighted by atomic mass is 10.1. The first-order chi connectivity index (χ1) is 9.29. The second kappa shape index (κ2) is 5.63. The van der Waals surface area contributed by atoms with Gasteiger partial charge in [-0.2, -0.15) is 0 Å². The van der Waals surface area contributed by atoms with Crippen molar-refractivity contribution in [2.75, 3.05) is 6.54 Å². The second-order valence-corrected chi connectivity index (χ2v) is 6.61. The number of hydrogen-bond acceptors (Lipinski definition) is 3. The number of nitrogens with zero attached hydrogens (tertiary/aromatic N) is 1. The van der Waals surface area contributed by atoms with Crippen LogP contribution in [0.2, 0.25) is 0 Å². The first kappa shape index (κ1) is 13.1. The molecule has 2 aliphatic rings. The Labute approximate surface area is 119 Å². The van der Waals surface area contributed by atoms with Gasteiger partial charge in [-0.3, -0.25) is 4.79 Å². The zero-order valence-electron chi connectivity index (χ0n) is 11.5. The summed E-state index contributed by atoms with van der Waals surface area (Å²) in [5.41, 5.74) is 0. The van der Waals surface area contributed by atoms with Crippen LogP contribution in [0.15, 0.2) is 17.5 Å². The van der Waals surface area contributed by atoms with E-state index in [2.05, 4.69) is 34.7 Å². The van der Waals surface area contributed by atoms with Gasteiger partial charge in [0.1, 0.15) is 0 Å². The van der Waals surface area contributed by atoms with E-state index < -0.39 is 0 Å². The van der Waals surface area contributed by atoms with Crippen molar-refractivity contribution in [1.29, 1.82) is 0 Å². The molecule has 1 aliphatic heterocycles. The third kappa shape index (κ3) is 2.84. The number of thiophene rings is 1. The van der Waals surface area contributed by atoms with E-state index >= 15 is 0 Å². The zero-order chi connectivity index (χ0) is 13.2. The van der Waals surface area contributed by atoms with Crippen LogP contribution in [0.1, 0.15) is 49.9 Å². The maximum atomic E-state index is 12.5. The molecular formula is C15H22N2OS. The highest BCUT2D eigenvalue weighted by molar-refractivity contribution is 7.10. The van der Waals surface area contributed by atoms with Gasteiger partial charge in [0.25, 0.3) is 0 Å². The monoisotopic (exact) mass is 278 g/mol. The Hall–Kier alpha value is -0.870. The van der Waals surface area contributed by atoms with E-state index in [1.54, 1.807) is 11.3 Å². The number of rotatable bonds is 6. The molecule has 0 aromatic carbocycles. The normalized spacial score (nSPS) is 25.0. The van der Waals surface area contributed by atoms with Crippen molar-refractivity contribution in [1.82, 2.24) is 10.2 Å². The predicted molar refractivity (Wildman–Crippen MR) is 78.2 cm³/mol. The van der Waals surface area contributed by atoms with Crippen LogP contribution in [0.5, 0.6) is 0 Å². The summed E-state index contributed by atoms with van der Waals surface area (Å²) in [5, 5.41) is 5.60. The first-order valence-electron chi connectivity index (χ1n) is 7.39. The molecular weight excluding hydrogens is 256 g/mol. The molecule has 1 aliphatic carbocycles. The highest BCUT2D eigenvalue weighted by Gasteiger charge is 2.38. The van der Waals surface area contributed by atoms with Gasteiger partial charge in [-0.15, -0.1) is 11.3 Å². The summed E-state index contributed by atoms with van der Waals surface area (Å²) in [5.74, 6) is 0.318. The minimum atomic E-state index is 0.0758. The average molecular weight is 278 g/mol. The quantitative estimate of drug-likeness (QED) is 0.867. The molecule has 2 unspecified atom stereocenters. The number of likely N-dealkylation sites (tertiary alicyclic amines) is 1. The molecule has 0 spiro atoms. The van der Waals surface area contributed by atoms with E-state index in [9.17, 15) is 4.79 Å². The molecule has 1 aromatic rings. The van der Waals surface area contributed by atoms with Gasteiger partial charge in [0, 0.05) is 17.5 Å². The van der Waals surface area contributed by atoms with Gasteiger partial charge in [-0.25, -0.2) is 0 Å². The number of carbonyl (C=O) groups is 1. The van der Waals surface area contributed by atoms with Crippen LogP contribution in [0.4, 0.5) is 0 Å². The van der Waals surface area contributed by atoms with Gasteiger partial charge in [0.15, 0.2) is 0 Å². The molecule has 1 N–H and O–H groups in total. The molecule has 0 radical (unpaired) electrons. The summed E-state index contributed by atoms with van der Waals surface area (Å²) in [6.45, 7) is 3.10. The molecule has 3 nitrogen and oxygen atoms in total. The zero-order valence-corrected chi connectivity index (χ0v) is 12.3. The Kier molecular flexibility index (Phi) is 3.89. The molecule has 1 saturated carbocycles. The van der Waals surface area contributed by atoms with Crippen LogP contribution >= 0.6 is 11.3 Å². The molecule has 2 atom stereocenters. The molecule has 2 heterocycles. The van der Waals surface area contributed by atoms with Crippen LogP contribution in [0.3, 0.4) is 0 Å². The Bertz CT molecular complexity index is 427. The maximum Gasteiger partial charge on any atom is 0.240 e. The summed E-state index contributed by atoms with van der Waals surface area (Å²) in [6, 6.07) is 5.24. The standard InChI is InChI=1S/C15H22N2OS/c1-2-4-13(14-5-3-10-19-14)17-9-8-12(15(17)18)16-11-6-7-11/h3,5,10-13,16H,2,4,6-9H2,1H3. The summed E-state index contributed by atoms with van der Waals surface area (Å²) < 4.78 is 0. The Morgan fingerprint density at radius 1 is 1.47 bits per heavy atom. The van der Waals surface area contributed by atoms with Gasteiger partial charge < -0.3 is 10.2 Å². The fraction of sp³-hybridized carbons (Fsp3) is 0.667. The smallest absolute Gasteiger partial charge is 0.240 e. The lowest BCUT2D eigenvalue weighted by molar-refractivity contribution is -0.131. The van der Waals surface area contributed by atoms with Crippen LogP contribution in [-0.2, 0) is 4.79 Å². The topological polar surface area (TPSA) is 32.3 Å². The number of carbonyl (C=O) groups excluding carboxylic acids is 1. The fourth-order valence-electron chi connectivity index (χ4n) is 2.91. The predicted octanol–water partition coefficient (Wildman–Crippen LogP) is 2.94. The lowest BCUT2D eigenvalue weighted by Gasteiger charge is -2.27. The number of nitrogens with one attached hydrogen (secondary N) is 1. The largest absolute Gasteiger partial charge is 0.333 e. The minimum absolute atomic E-state index is 0.0758. The minimum Gasteiger partial charge on any atom is -0.333 e. The fourth-order valence-corrected chi connectivity index (χ4v) is 3.78. The van der Waals surface area contributed by atoms with Crippen molar-refractivity contribution in [3.05, 3.63) is 22.4 Å². The third-order valence-electron chi connectivity index (χ3n) is 4.06. The third-order valence-corrected chi connectivity index (χ3v) is 5.04. The molecule has 1 aromatic heterocycles. The molecule has 1 saturated heterocycles. The van der Waals surface area contributed by atoms with E-state index in [1.807, 2.05) is 0 Å². The van der Waals surface area contributed by atoms with Crippen LogP contribution in [-0.4, -0.2) is 29.4 Å². The van der Waals surface area contributed by atoms with Crippen molar-refractivity contribution in [3.63, 3.8) is 0 Å². The molecule has 0 bridgehead atoms. The van der Waals surface area contributed by atoms with Gasteiger partial charge in [-0.1, -0.05) is 19.4 Å². The van der Waals surface area contributed by atoms with Crippen LogP contribution in [0.25, 0.3) is 0 Å². The van der Waals surface area contributed by atoms with E-state index in [0.29, 0.717) is 18.0 Å². The van der Waals surface area contributed by atoms with E-state index in [-0.39, 0.29) is 6.04 Å². The first-order valence-corrected chi connectivity index (χ1v) is 8.27. The van der Waals surface area contributed by atoms with Crippen molar-refractivity contribution in [2.45, 2.75) is 57.2 Å². The lowest BCUT2D eigenvalue weighted by Crippen LogP contribution is -2.40. The molecule has 1 amide bonds. The van der Waals surface area contributed by atoms with Gasteiger partial charge in [-0.05, 0) is 37.1 Å². The van der Waals surface area contributed by atoms with Crippen molar-refractivity contribution < 1.29 is 4.79 Å². The van der Waals surface area contributed by atoms with E-state index in [1.165, 1.54) is 17.7 Å². The van der Waals surface area contributed by atoms with Crippen molar-refractivity contribution in [2.24, 2.45) is 0 Å². The number of amides is 1. The summed E-state index contributed by atoms with van der Waals surface area (Å²) >= 11 is 1.77. The van der Waals surface area contributed by atoms with E-state index in [4.69, 9.17) is 0 Å².